The SMILES string of the molecule is Cc1cc[n+](C2=C(c3c(-c4ccccc4)nn(C)c3[O-])C(=O)N(c3ccccc3)C2=O)cc1. The molecule has 0 N–H and O–H groups in total. The molecule has 162 valence electrons. The monoisotopic (exact) mass is 436 g/mol. The van der Waals surface area contributed by atoms with Gasteiger partial charge in [-0.15, -0.1) is 0 Å². The molecular formula is C26H20N4O3. The van der Waals surface area contributed by atoms with Gasteiger partial charge in [0, 0.05) is 30.3 Å². The van der Waals surface area contributed by atoms with E-state index in [0.29, 0.717) is 16.9 Å². The number of carbonyl (C=O) groups excluding carboxylic acids is 2. The first-order valence-electron chi connectivity index (χ1n) is 10.4. The van der Waals surface area contributed by atoms with E-state index in [-0.39, 0.29) is 16.8 Å². The quantitative estimate of drug-likeness (QED) is 0.364. The molecule has 7 nitrogen and oxygen atoms in total. The van der Waals surface area contributed by atoms with E-state index in [2.05, 4.69) is 5.10 Å². The second-order valence-electron chi connectivity index (χ2n) is 7.81. The topological polar surface area (TPSA) is 82.1 Å². The van der Waals surface area contributed by atoms with Crippen molar-refractivity contribution in [2.75, 3.05) is 4.90 Å². The molecule has 2 amide bonds. The van der Waals surface area contributed by atoms with Crippen LogP contribution >= 0.6 is 0 Å². The van der Waals surface area contributed by atoms with Gasteiger partial charge in [-0.3, -0.25) is 14.3 Å². The number of amides is 2. The second kappa shape index (κ2) is 7.87. The molecule has 33 heavy (non-hydrogen) atoms. The maximum absolute atomic E-state index is 13.8. The van der Waals surface area contributed by atoms with Crippen LogP contribution in [-0.2, 0) is 16.6 Å². The maximum Gasteiger partial charge on any atom is 0.331 e. The van der Waals surface area contributed by atoms with Crippen LogP contribution in [0.5, 0.6) is 5.88 Å². The summed E-state index contributed by atoms with van der Waals surface area (Å²) >= 11 is 0. The van der Waals surface area contributed by atoms with Crippen LogP contribution in [0.1, 0.15) is 11.1 Å². The van der Waals surface area contributed by atoms with E-state index in [1.165, 1.54) is 11.7 Å². The highest BCUT2D eigenvalue weighted by atomic mass is 16.3. The number of anilines is 1. The van der Waals surface area contributed by atoms with Gasteiger partial charge in [-0.25, -0.2) is 4.90 Å². The fourth-order valence-electron chi connectivity index (χ4n) is 3.98. The van der Waals surface area contributed by atoms with Gasteiger partial charge < -0.3 is 5.11 Å². The van der Waals surface area contributed by atoms with Crippen LogP contribution in [-0.4, -0.2) is 21.6 Å². The summed E-state index contributed by atoms with van der Waals surface area (Å²) in [6, 6.07) is 21.5. The predicted octanol–water partition coefficient (Wildman–Crippen LogP) is 2.70. The zero-order chi connectivity index (χ0) is 23.1. The van der Waals surface area contributed by atoms with E-state index >= 15 is 0 Å². The minimum atomic E-state index is -0.559. The number of para-hydroxylation sites is 1. The molecule has 7 heteroatoms. The van der Waals surface area contributed by atoms with E-state index < -0.39 is 17.7 Å². The van der Waals surface area contributed by atoms with Crippen molar-refractivity contribution in [1.82, 2.24) is 9.78 Å². The number of carbonyl (C=O) groups is 2. The number of hydrogen-bond acceptors (Lipinski definition) is 4. The number of hydrogen-bond donors (Lipinski definition) is 0. The molecule has 0 atom stereocenters. The fourth-order valence-corrected chi connectivity index (χ4v) is 3.98. The van der Waals surface area contributed by atoms with Gasteiger partial charge >= 0.3 is 5.91 Å². The van der Waals surface area contributed by atoms with Gasteiger partial charge in [-0.1, -0.05) is 48.5 Å². The lowest BCUT2D eigenvalue weighted by Crippen LogP contribution is -2.39. The normalized spacial score (nSPS) is 13.8. The predicted molar refractivity (Wildman–Crippen MR) is 122 cm³/mol. The van der Waals surface area contributed by atoms with Crippen LogP contribution in [0.2, 0.25) is 0 Å². The Balaban J connectivity index is 1.80. The van der Waals surface area contributed by atoms with Crippen molar-refractivity contribution in [1.29, 1.82) is 0 Å². The van der Waals surface area contributed by atoms with Gasteiger partial charge in [0.05, 0.1) is 11.4 Å². The van der Waals surface area contributed by atoms with Gasteiger partial charge in [-0.2, -0.15) is 9.67 Å². The van der Waals surface area contributed by atoms with Crippen LogP contribution in [0.25, 0.3) is 22.5 Å². The van der Waals surface area contributed by atoms with Crippen LogP contribution in [0.3, 0.4) is 0 Å². The highest BCUT2D eigenvalue weighted by molar-refractivity contribution is 6.53. The highest BCUT2D eigenvalue weighted by Gasteiger charge is 2.47. The Morgan fingerprint density at radius 2 is 1.45 bits per heavy atom. The van der Waals surface area contributed by atoms with Crippen molar-refractivity contribution < 1.29 is 19.3 Å². The van der Waals surface area contributed by atoms with Crippen molar-refractivity contribution >= 4 is 28.8 Å². The Morgan fingerprint density at radius 1 is 0.848 bits per heavy atom. The third-order valence-electron chi connectivity index (χ3n) is 5.62. The first kappa shape index (κ1) is 20.4. The summed E-state index contributed by atoms with van der Waals surface area (Å²) in [5, 5.41) is 17.7. The van der Waals surface area contributed by atoms with Gasteiger partial charge in [-0.05, 0) is 30.5 Å². The Morgan fingerprint density at radius 3 is 2.09 bits per heavy atom. The Labute approximate surface area is 190 Å². The molecule has 2 aromatic carbocycles. The van der Waals surface area contributed by atoms with Crippen molar-refractivity contribution in [2.24, 2.45) is 7.05 Å². The average molecular weight is 436 g/mol. The third kappa shape index (κ3) is 3.30. The number of aryl methyl sites for hydroxylation is 2. The fraction of sp³-hybridized carbons (Fsp3) is 0.0769. The summed E-state index contributed by atoms with van der Waals surface area (Å²) in [6.07, 6.45) is 3.43. The molecule has 0 fully saturated rings. The minimum absolute atomic E-state index is 0.0367. The van der Waals surface area contributed by atoms with Crippen molar-refractivity contribution in [3.8, 4) is 17.1 Å². The molecule has 0 unspecified atom stereocenters. The summed E-state index contributed by atoms with van der Waals surface area (Å²) in [7, 11) is 1.54. The summed E-state index contributed by atoms with van der Waals surface area (Å²) in [5.74, 6) is -1.50. The van der Waals surface area contributed by atoms with E-state index in [4.69, 9.17) is 0 Å². The zero-order valence-electron chi connectivity index (χ0n) is 18.1. The lowest BCUT2D eigenvalue weighted by molar-refractivity contribution is -0.576. The Bertz CT molecular complexity index is 1410. The second-order valence-corrected chi connectivity index (χ2v) is 7.81. The lowest BCUT2D eigenvalue weighted by atomic mass is 10.00. The number of imide groups is 1. The average Bonchev–Trinajstić information content (AvgIpc) is 3.27. The summed E-state index contributed by atoms with van der Waals surface area (Å²) in [5.41, 5.74) is 2.75. The molecule has 0 saturated carbocycles. The van der Waals surface area contributed by atoms with Gasteiger partial charge in [0.15, 0.2) is 12.4 Å². The molecule has 5 rings (SSSR count). The van der Waals surface area contributed by atoms with Crippen LogP contribution in [0.4, 0.5) is 5.69 Å². The van der Waals surface area contributed by atoms with Crippen molar-refractivity contribution in [3.63, 3.8) is 0 Å². The first-order valence-corrected chi connectivity index (χ1v) is 10.4. The maximum atomic E-state index is 13.8. The molecule has 0 radical (unpaired) electrons. The molecule has 0 saturated heterocycles. The van der Waals surface area contributed by atoms with Gasteiger partial charge in [0.25, 0.3) is 11.6 Å². The number of rotatable bonds is 4. The third-order valence-corrected chi connectivity index (χ3v) is 5.62. The number of aromatic nitrogens is 3. The zero-order valence-corrected chi connectivity index (χ0v) is 18.1. The summed E-state index contributed by atoms with van der Waals surface area (Å²) in [6.45, 7) is 1.93. The van der Waals surface area contributed by atoms with Crippen LogP contribution in [0, 0.1) is 6.92 Å². The van der Waals surface area contributed by atoms with Gasteiger partial charge in [0.1, 0.15) is 5.57 Å². The van der Waals surface area contributed by atoms with Crippen LogP contribution < -0.4 is 14.6 Å². The lowest BCUT2D eigenvalue weighted by Gasteiger charge is -2.15. The smallest absolute Gasteiger partial charge is 0.331 e. The molecular weight excluding hydrogens is 416 g/mol. The molecule has 0 bridgehead atoms. The van der Waals surface area contributed by atoms with Crippen molar-refractivity contribution in [3.05, 3.63) is 96.3 Å². The van der Waals surface area contributed by atoms with E-state index in [1.807, 2.05) is 55.5 Å². The number of benzene rings is 2. The molecule has 1 aliphatic heterocycles. The van der Waals surface area contributed by atoms with E-state index in [0.717, 1.165) is 10.5 Å². The summed E-state index contributed by atoms with van der Waals surface area (Å²) < 4.78 is 2.79. The van der Waals surface area contributed by atoms with E-state index in [1.54, 1.807) is 41.2 Å². The molecule has 1 aliphatic rings. The van der Waals surface area contributed by atoms with Crippen LogP contribution in [0.15, 0.2) is 85.2 Å². The standard InChI is InChI=1S/C26H20N4O3/c1-17-13-15-29(16-14-17)23-21(25(32)30(26(23)33)19-11-7-4-8-12-19)20-22(27-28(2)24(20)31)18-9-5-3-6-10-18/h3-16H,1-2H3. The number of nitrogens with zero attached hydrogens (tertiary/aromatic N) is 4. The van der Waals surface area contributed by atoms with E-state index in [9.17, 15) is 14.7 Å². The largest absolute Gasteiger partial charge is 0.858 e. The van der Waals surface area contributed by atoms with Gasteiger partial charge in [0.2, 0.25) is 0 Å². The number of pyridine rings is 1. The molecule has 3 heterocycles. The minimum Gasteiger partial charge on any atom is -0.858 e. The molecule has 2 aromatic heterocycles. The molecule has 4 aromatic rings. The summed E-state index contributed by atoms with van der Waals surface area (Å²) in [4.78, 5) is 28.5. The first-order chi connectivity index (χ1) is 16.0. The molecule has 0 spiro atoms. The van der Waals surface area contributed by atoms with Crippen molar-refractivity contribution in [2.45, 2.75) is 6.92 Å². The molecule has 0 aliphatic carbocycles. The highest BCUT2D eigenvalue weighted by Crippen LogP contribution is 2.40. The Kier molecular flexibility index (Phi) is 4.86. The Hall–Kier alpha value is -4.52.